The zero-order valence-corrected chi connectivity index (χ0v) is 16.6. The highest BCUT2D eigenvalue weighted by molar-refractivity contribution is 5.95. The Morgan fingerprint density at radius 2 is 1.63 bits per heavy atom. The summed E-state index contributed by atoms with van der Waals surface area (Å²) in [5, 5.41) is 8.86. The summed E-state index contributed by atoms with van der Waals surface area (Å²) in [7, 11) is 0. The Hall–Kier alpha value is -3.86. The maximum atomic E-state index is 12.5. The smallest absolute Gasteiger partial charge is 0.344 e. The van der Waals surface area contributed by atoms with Crippen LogP contribution in [0, 0.1) is 11.3 Å². The first-order valence-corrected chi connectivity index (χ1v) is 9.31. The molecule has 2 aromatic rings. The third-order valence-corrected chi connectivity index (χ3v) is 3.94. The molecule has 0 aliphatic heterocycles. The van der Waals surface area contributed by atoms with Gasteiger partial charge in [0, 0.05) is 17.8 Å². The Morgan fingerprint density at radius 3 is 2.23 bits per heavy atom. The highest BCUT2D eigenvalue weighted by Gasteiger charge is 2.18. The van der Waals surface area contributed by atoms with Crippen LogP contribution in [0.5, 0.6) is 11.5 Å². The number of amides is 1. The molecule has 0 aliphatic rings. The summed E-state index contributed by atoms with van der Waals surface area (Å²) < 4.78 is 15.7. The van der Waals surface area contributed by atoms with E-state index >= 15 is 0 Å². The molecule has 30 heavy (non-hydrogen) atoms. The van der Waals surface area contributed by atoms with E-state index in [9.17, 15) is 14.4 Å². The van der Waals surface area contributed by atoms with Crippen LogP contribution in [0.3, 0.4) is 0 Å². The Balaban J connectivity index is 1.89. The Kier molecular flexibility index (Phi) is 8.87. The molecule has 0 heterocycles. The summed E-state index contributed by atoms with van der Waals surface area (Å²) in [6, 6.07) is 15.1. The number of nitrogens with zero attached hydrogens (tertiary/aromatic N) is 2. The predicted molar refractivity (Wildman–Crippen MR) is 108 cm³/mol. The van der Waals surface area contributed by atoms with Crippen molar-refractivity contribution >= 4 is 23.9 Å². The lowest BCUT2D eigenvalue weighted by molar-refractivity contribution is -0.149. The van der Waals surface area contributed by atoms with Gasteiger partial charge in [0.05, 0.1) is 19.1 Å². The molecule has 0 radical (unpaired) electrons. The van der Waals surface area contributed by atoms with E-state index in [-0.39, 0.29) is 19.6 Å². The van der Waals surface area contributed by atoms with E-state index in [4.69, 9.17) is 19.5 Å². The number of nitriles is 1. The van der Waals surface area contributed by atoms with E-state index < -0.39 is 18.5 Å². The second-order valence-corrected chi connectivity index (χ2v) is 6.02. The summed E-state index contributed by atoms with van der Waals surface area (Å²) in [4.78, 5) is 36.4. The fourth-order valence-electron chi connectivity index (χ4n) is 2.50. The van der Waals surface area contributed by atoms with Crippen LogP contribution in [0.25, 0.3) is 0 Å². The number of carbonyl (C=O) groups is 3. The maximum absolute atomic E-state index is 12.5. The second-order valence-electron chi connectivity index (χ2n) is 6.02. The molecule has 2 rings (SSSR count). The van der Waals surface area contributed by atoms with Gasteiger partial charge in [0.1, 0.15) is 17.8 Å². The quantitative estimate of drug-likeness (QED) is 0.414. The lowest BCUT2D eigenvalue weighted by Crippen LogP contribution is -2.36. The van der Waals surface area contributed by atoms with Gasteiger partial charge in [-0.25, -0.2) is 4.79 Å². The zero-order chi connectivity index (χ0) is 21.8. The number of esters is 1. The molecule has 156 valence electrons. The minimum atomic E-state index is -0.713. The van der Waals surface area contributed by atoms with Crippen molar-refractivity contribution in [3.8, 4) is 17.6 Å². The van der Waals surface area contributed by atoms with E-state index in [1.54, 1.807) is 48.5 Å². The summed E-state index contributed by atoms with van der Waals surface area (Å²) in [6.45, 7) is 1.70. The van der Waals surface area contributed by atoms with Gasteiger partial charge in [-0.1, -0.05) is 0 Å². The standard InChI is InChI=1S/C22H22N2O6/c1-2-28-19-10-6-18(7-11-19)24(13-3-12-23)21(26)15-30-22(27)16-29-20-8-4-17(14-25)5-9-20/h4-11,14H,2-3,13,15-16H2,1H3. The first-order chi connectivity index (χ1) is 14.6. The van der Waals surface area contributed by atoms with Crippen molar-refractivity contribution < 1.29 is 28.6 Å². The highest BCUT2D eigenvalue weighted by atomic mass is 16.6. The molecule has 0 unspecified atom stereocenters. The number of hydrogen-bond acceptors (Lipinski definition) is 7. The molecule has 0 bridgehead atoms. The van der Waals surface area contributed by atoms with Gasteiger partial charge in [0.15, 0.2) is 13.2 Å². The molecule has 1 amide bonds. The SMILES string of the molecule is CCOc1ccc(N(CCC#N)C(=O)COC(=O)COc2ccc(C=O)cc2)cc1. The molecular formula is C22H22N2O6. The minimum absolute atomic E-state index is 0.132. The molecule has 0 spiro atoms. The number of ether oxygens (including phenoxy) is 3. The van der Waals surface area contributed by atoms with Gasteiger partial charge in [-0.2, -0.15) is 5.26 Å². The minimum Gasteiger partial charge on any atom is -0.494 e. The van der Waals surface area contributed by atoms with Gasteiger partial charge in [0.25, 0.3) is 5.91 Å². The van der Waals surface area contributed by atoms with Gasteiger partial charge >= 0.3 is 5.97 Å². The summed E-state index contributed by atoms with van der Waals surface area (Å²) in [6.07, 6.45) is 0.832. The van der Waals surface area contributed by atoms with Crippen LogP contribution in [-0.4, -0.2) is 44.5 Å². The van der Waals surface area contributed by atoms with Crippen molar-refractivity contribution in [3.63, 3.8) is 0 Å². The van der Waals surface area contributed by atoms with Gasteiger partial charge < -0.3 is 19.1 Å². The molecular weight excluding hydrogens is 388 g/mol. The van der Waals surface area contributed by atoms with Crippen molar-refractivity contribution in [2.24, 2.45) is 0 Å². The number of aldehydes is 1. The van der Waals surface area contributed by atoms with Crippen molar-refractivity contribution in [1.29, 1.82) is 5.26 Å². The Bertz CT molecular complexity index is 887. The molecule has 0 fully saturated rings. The second kappa shape index (κ2) is 11.9. The van der Waals surface area contributed by atoms with E-state index in [1.165, 1.54) is 4.90 Å². The Labute approximate surface area is 174 Å². The molecule has 0 atom stereocenters. The van der Waals surface area contributed by atoms with Crippen LogP contribution in [-0.2, 0) is 14.3 Å². The van der Waals surface area contributed by atoms with Crippen LogP contribution in [0.2, 0.25) is 0 Å². The molecule has 8 heteroatoms. The van der Waals surface area contributed by atoms with Crippen molar-refractivity contribution in [2.45, 2.75) is 13.3 Å². The zero-order valence-electron chi connectivity index (χ0n) is 16.6. The molecule has 0 saturated carbocycles. The topological polar surface area (TPSA) is 106 Å². The number of hydrogen-bond donors (Lipinski definition) is 0. The van der Waals surface area contributed by atoms with E-state index in [0.717, 1.165) is 0 Å². The van der Waals surface area contributed by atoms with Gasteiger partial charge in [0.2, 0.25) is 0 Å². The van der Waals surface area contributed by atoms with Gasteiger partial charge in [-0.05, 0) is 55.5 Å². The molecule has 0 aromatic heterocycles. The predicted octanol–water partition coefficient (Wildman–Crippen LogP) is 2.77. The van der Waals surface area contributed by atoms with Crippen LogP contribution >= 0.6 is 0 Å². The lowest BCUT2D eigenvalue weighted by atomic mass is 10.2. The summed E-state index contributed by atoms with van der Waals surface area (Å²) in [5.41, 5.74) is 1.06. The molecule has 2 aromatic carbocycles. The number of benzene rings is 2. The highest BCUT2D eigenvalue weighted by Crippen LogP contribution is 2.20. The summed E-state index contributed by atoms with van der Waals surface area (Å²) >= 11 is 0. The first-order valence-electron chi connectivity index (χ1n) is 9.31. The molecule has 0 N–H and O–H groups in total. The normalized spacial score (nSPS) is 9.87. The van der Waals surface area contributed by atoms with Crippen LogP contribution < -0.4 is 14.4 Å². The Morgan fingerprint density at radius 1 is 1.00 bits per heavy atom. The third-order valence-electron chi connectivity index (χ3n) is 3.94. The summed E-state index contributed by atoms with van der Waals surface area (Å²) in [5.74, 6) is -0.111. The maximum Gasteiger partial charge on any atom is 0.344 e. The fourth-order valence-corrected chi connectivity index (χ4v) is 2.50. The molecule has 8 nitrogen and oxygen atoms in total. The van der Waals surface area contributed by atoms with Crippen molar-refractivity contribution in [2.75, 3.05) is 31.3 Å². The number of rotatable bonds is 11. The van der Waals surface area contributed by atoms with E-state index in [2.05, 4.69) is 0 Å². The third kappa shape index (κ3) is 6.95. The van der Waals surface area contributed by atoms with Crippen LogP contribution in [0.15, 0.2) is 48.5 Å². The van der Waals surface area contributed by atoms with E-state index in [0.29, 0.717) is 35.6 Å². The average Bonchev–Trinajstić information content (AvgIpc) is 2.78. The largest absolute Gasteiger partial charge is 0.494 e. The number of carbonyl (C=O) groups excluding carboxylic acids is 3. The molecule has 0 saturated heterocycles. The van der Waals surface area contributed by atoms with E-state index in [1.807, 2.05) is 13.0 Å². The van der Waals surface area contributed by atoms with Crippen LogP contribution in [0.1, 0.15) is 23.7 Å². The monoisotopic (exact) mass is 410 g/mol. The lowest BCUT2D eigenvalue weighted by Gasteiger charge is -2.22. The van der Waals surface area contributed by atoms with Crippen LogP contribution in [0.4, 0.5) is 5.69 Å². The molecule has 0 aliphatic carbocycles. The van der Waals surface area contributed by atoms with Crippen molar-refractivity contribution in [1.82, 2.24) is 0 Å². The van der Waals surface area contributed by atoms with Gasteiger partial charge in [-0.3, -0.25) is 9.59 Å². The van der Waals surface area contributed by atoms with Crippen molar-refractivity contribution in [3.05, 3.63) is 54.1 Å². The first kappa shape index (κ1) is 22.4. The fraction of sp³-hybridized carbons (Fsp3) is 0.273. The van der Waals surface area contributed by atoms with Gasteiger partial charge in [-0.15, -0.1) is 0 Å². The average molecular weight is 410 g/mol. The number of anilines is 1.